The Morgan fingerprint density at radius 2 is 2.00 bits per heavy atom. The normalized spacial score (nSPS) is 13.1. The minimum Gasteiger partial charge on any atom is -0.493 e. The quantitative estimate of drug-likeness (QED) is 0.426. The lowest BCUT2D eigenvalue weighted by molar-refractivity contribution is -0.143. The fourth-order valence-electron chi connectivity index (χ4n) is 3.48. The van der Waals surface area contributed by atoms with Crippen LogP contribution in [-0.2, 0) is 16.1 Å². The van der Waals surface area contributed by atoms with E-state index in [9.17, 15) is 9.59 Å². The van der Waals surface area contributed by atoms with Crippen molar-refractivity contribution in [3.8, 4) is 17.2 Å². The molecule has 1 aliphatic heterocycles. The number of esters is 1. The summed E-state index contributed by atoms with van der Waals surface area (Å²) in [6.07, 6.45) is 0. The minimum absolute atomic E-state index is 0.0683. The van der Waals surface area contributed by atoms with Crippen molar-refractivity contribution in [2.24, 2.45) is 4.99 Å². The summed E-state index contributed by atoms with van der Waals surface area (Å²) < 4.78 is 29.4. The lowest BCUT2D eigenvalue weighted by atomic mass is 10.2. The second kappa shape index (κ2) is 8.04. The molecule has 1 amide bonds. The SMILES string of the molecule is CCOC(=O)Cn1c(=NC(=O)c2cc3cccc(OC)c3o2)sc2cc3c(cc21)OCO3. The Bertz CT molecular complexity index is 1430. The van der Waals surface area contributed by atoms with Crippen molar-refractivity contribution in [3.63, 3.8) is 0 Å². The second-order valence-corrected chi connectivity index (χ2v) is 7.86. The second-order valence-electron chi connectivity index (χ2n) is 6.86. The summed E-state index contributed by atoms with van der Waals surface area (Å²) in [6.45, 7) is 2.01. The molecule has 1 aliphatic rings. The highest BCUT2D eigenvalue weighted by Gasteiger charge is 2.20. The highest BCUT2D eigenvalue weighted by atomic mass is 32.1. The fourth-order valence-corrected chi connectivity index (χ4v) is 4.52. The van der Waals surface area contributed by atoms with Crippen molar-refractivity contribution in [2.75, 3.05) is 20.5 Å². The van der Waals surface area contributed by atoms with Crippen LogP contribution < -0.4 is 19.0 Å². The Hall–Kier alpha value is -3.79. The summed E-state index contributed by atoms with van der Waals surface area (Å²) in [5.74, 6) is 0.744. The Morgan fingerprint density at radius 1 is 1.19 bits per heavy atom. The lowest BCUT2D eigenvalue weighted by Crippen LogP contribution is -2.23. The first-order chi connectivity index (χ1) is 15.6. The number of nitrogens with zero attached hydrogens (tertiary/aromatic N) is 2. The molecule has 4 aromatic rings. The molecule has 0 N–H and O–H groups in total. The molecule has 0 bridgehead atoms. The number of hydrogen-bond acceptors (Lipinski definition) is 8. The molecule has 10 heteroatoms. The molecule has 0 saturated carbocycles. The number of aromatic nitrogens is 1. The predicted molar refractivity (Wildman–Crippen MR) is 115 cm³/mol. The van der Waals surface area contributed by atoms with Crippen molar-refractivity contribution in [3.05, 3.63) is 47.0 Å². The van der Waals surface area contributed by atoms with Gasteiger partial charge in [-0.1, -0.05) is 23.5 Å². The molecule has 2 aromatic carbocycles. The van der Waals surface area contributed by atoms with Crippen LogP contribution in [0.4, 0.5) is 0 Å². The number of carbonyl (C=O) groups excluding carboxylic acids is 2. The monoisotopic (exact) mass is 454 g/mol. The van der Waals surface area contributed by atoms with Gasteiger partial charge in [-0.2, -0.15) is 4.99 Å². The van der Waals surface area contributed by atoms with Gasteiger partial charge in [0.25, 0.3) is 0 Å². The first-order valence-corrected chi connectivity index (χ1v) is 10.6. The van der Waals surface area contributed by atoms with Gasteiger partial charge in [-0.25, -0.2) is 0 Å². The summed E-state index contributed by atoms with van der Waals surface area (Å²) in [7, 11) is 1.53. The van der Waals surface area contributed by atoms with Crippen LogP contribution in [0.3, 0.4) is 0 Å². The first kappa shape index (κ1) is 20.1. The van der Waals surface area contributed by atoms with Crippen LogP contribution in [0.5, 0.6) is 17.2 Å². The number of hydrogen-bond donors (Lipinski definition) is 0. The Balaban J connectivity index is 1.62. The third-order valence-electron chi connectivity index (χ3n) is 4.91. The molecule has 2 aromatic heterocycles. The summed E-state index contributed by atoms with van der Waals surface area (Å²) in [5.41, 5.74) is 1.15. The molecule has 9 nitrogen and oxygen atoms in total. The van der Waals surface area contributed by atoms with E-state index in [-0.39, 0.29) is 25.7 Å². The van der Waals surface area contributed by atoms with E-state index in [2.05, 4.69) is 4.99 Å². The Morgan fingerprint density at radius 3 is 2.78 bits per heavy atom. The van der Waals surface area contributed by atoms with Gasteiger partial charge in [0, 0.05) is 17.5 Å². The van der Waals surface area contributed by atoms with Gasteiger partial charge in [0.1, 0.15) is 6.54 Å². The number of ether oxygens (including phenoxy) is 4. The Labute approximate surface area is 185 Å². The van der Waals surface area contributed by atoms with Gasteiger partial charge in [-0.15, -0.1) is 0 Å². The summed E-state index contributed by atoms with van der Waals surface area (Å²) >= 11 is 1.25. The third-order valence-corrected chi connectivity index (χ3v) is 5.95. The molecule has 0 radical (unpaired) electrons. The topological polar surface area (TPSA) is 101 Å². The highest BCUT2D eigenvalue weighted by molar-refractivity contribution is 7.16. The van der Waals surface area contributed by atoms with E-state index >= 15 is 0 Å². The van der Waals surface area contributed by atoms with Gasteiger partial charge >= 0.3 is 11.9 Å². The zero-order valence-corrected chi connectivity index (χ0v) is 18.1. The van der Waals surface area contributed by atoms with E-state index in [0.29, 0.717) is 33.1 Å². The standard InChI is InChI=1S/C22H18N2O7S/c1-3-28-19(25)10-24-13-8-15-16(30-11-29-15)9-18(13)32-22(24)23-21(26)17-7-12-5-4-6-14(27-2)20(12)31-17/h4-9H,3,10-11H2,1-2H3. The van der Waals surface area contributed by atoms with Crippen molar-refractivity contribution < 1.29 is 33.0 Å². The number of thiazole rings is 1. The van der Waals surface area contributed by atoms with Crippen LogP contribution in [0.25, 0.3) is 21.2 Å². The number of rotatable bonds is 5. The zero-order chi connectivity index (χ0) is 22.2. The molecule has 0 aliphatic carbocycles. The number of amides is 1. The van der Waals surface area contributed by atoms with Crippen LogP contribution in [0.2, 0.25) is 0 Å². The van der Waals surface area contributed by atoms with E-state index in [1.807, 2.05) is 12.1 Å². The lowest BCUT2D eigenvalue weighted by Gasteiger charge is -2.05. The van der Waals surface area contributed by atoms with Crippen molar-refractivity contribution in [1.82, 2.24) is 4.57 Å². The number of fused-ring (bicyclic) bond motifs is 3. The van der Waals surface area contributed by atoms with Gasteiger partial charge < -0.3 is 27.9 Å². The van der Waals surface area contributed by atoms with Crippen molar-refractivity contribution >= 4 is 44.4 Å². The maximum Gasteiger partial charge on any atom is 0.326 e. The summed E-state index contributed by atoms with van der Waals surface area (Å²) in [6, 6.07) is 10.6. The van der Waals surface area contributed by atoms with E-state index in [0.717, 1.165) is 10.1 Å². The molecule has 0 saturated heterocycles. The maximum atomic E-state index is 13.0. The van der Waals surface area contributed by atoms with Gasteiger partial charge in [-0.3, -0.25) is 9.59 Å². The molecular formula is C22H18N2O7S. The van der Waals surface area contributed by atoms with Crippen molar-refractivity contribution in [1.29, 1.82) is 0 Å². The molecule has 0 fully saturated rings. The van der Waals surface area contributed by atoms with E-state index in [1.54, 1.807) is 35.8 Å². The smallest absolute Gasteiger partial charge is 0.326 e. The summed E-state index contributed by atoms with van der Waals surface area (Å²) in [4.78, 5) is 29.8. The molecule has 0 spiro atoms. The highest BCUT2D eigenvalue weighted by Crippen LogP contribution is 2.37. The number of benzene rings is 2. The molecule has 164 valence electrons. The molecule has 3 heterocycles. The average molecular weight is 454 g/mol. The number of methoxy groups -OCH3 is 1. The molecule has 32 heavy (non-hydrogen) atoms. The van der Waals surface area contributed by atoms with Gasteiger partial charge in [-0.05, 0) is 19.1 Å². The fraction of sp³-hybridized carbons (Fsp3) is 0.227. The van der Waals surface area contributed by atoms with Gasteiger partial charge in [0.15, 0.2) is 33.4 Å². The third kappa shape index (κ3) is 3.48. The van der Waals surface area contributed by atoms with Crippen LogP contribution in [0, 0.1) is 0 Å². The van der Waals surface area contributed by atoms with E-state index < -0.39 is 11.9 Å². The van der Waals surface area contributed by atoms with Gasteiger partial charge in [0.05, 0.1) is 23.9 Å². The minimum atomic E-state index is -0.576. The summed E-state index contributed by atoms with van der Waals surface area (Å²) in [5, 5.41) is 0.726. The van der Waals surface area contributed by atoms with Crippen LogP contribution in [0.1, 0.15) is 17.5 Å². The first-order valence-electron chi connectivity index (χ1n) is 9.81. The number of carbonyl (C=O) groups is 2. The van der Waals surface area contributed by atoms with Crippen molar-refractivity contribution in [2.45, 2.75) is 13.5 Å². The largest absolute Gasteiger partial charge is 0.493 e. The average Bonchev–Trinajstić information content (AvgIpc) is 3.49. The predicted octanol–water partition coefficient (Wildman–Crippen LogP) is 3.49. The van der Waals surface area contributed by atoms with Crippen LogP contribution in [0.15, 0.2) is 45.8 Å². The number of para-hydroxylation sites is 1. The van der Waals surface area contributed by atoms with E-state index in [1.165, 1.54) is 18.4 Å². The molecule has 0 unspecified atom stereocenters. The molecular weight excluding hydrogens is 436 g/mol. The van der Waals surface area contributed by atoms with Crippen LogP contribution >= 0.6 is 11.3 Å². The number of furan rings is 1. The van der Waals surface area contributed by atoms with E-state index in [4.69, 9.17) is 23.4 Å². The molecule has 5 rings (SSSR count). The zero-order valence-electron chi connectivity index (χ0n) is 17.2. The maximum absolute atomic E-state index is 13.0. The Kier molecular flexibility index (Phi) is 5.06. The molecule has 0 atom stereocenters. The van der Waals surface area contributed by atoms with Crippen LogP contribution in [-0.4, -0.2) is 37.0 Å². The van der Waals surface area contributed by atoms with Gasteiger partial charge in [0.2, 0.25) is 6.79 Å².